The molecule has 1 aromatic carbocycles. The van der Waals surface area contributed by atoms with Crippen LogP contribution in [0, 0.1) is 5.92 Å². The predicted molar refractivity (Wildman–Crippen MR) is 82.1 cm³/mol. The van der Waals surface area contributed by atoms with Crippen molar-refractivity contribution >= 4 is 16.9 Å². The van der Waals surface area contributed by atoms with E-state index in [1.165, 1.54) is 32.1 Å². The van der Waals surface area contributed by atoms with Gasteiger partial charge in [0.2, 0.25) is 0 Å². The highest BCUT2D eigenvalue weighted by Gasteiger charge is 2.36. The van der Waals surface area contributed by atoms with Gasteiger partial charge in [0.1, 0.15) is 0 Å². The van der Waals surface area contributed by atoms with Crippen LogP contribution >= 0.6 is 0 Å². The normalized spacial score (nSPS) is 23.2. The van der Waals surface area contributed by atoms with Crippen LogP contribution in [0.15, 0.2) is 24.5 Å². The summed E-state index contributed by atoms with van der Waals surface area (Å²) in [6, 6.07) is 6.25. The first kappa shape index (κ1) is 12.9. The fourth-order valence-corrected chi connectivity index (χ4v) is 4.11. The van der Waals surface area contributed by atoms with Gasteiger partial charge in [-0.3, -0.25) is 4.79 Å². The quantitative estimate of drug-likeness (QED) is 0.918. The van der Waals surface area contributed by atoms with Gasteiger partial charge in [0.05, 0.1) is 17.4 Å². The SMILES string of the molecule is O=C(c1ccc2nc[nH]c2c1)N1CCCC1C1CCCC1. The number of aromatic amines is 1. The van der Waals surface area contributed by atoms with Gasteiger partial charge >= 0.3 is 0 Å². The lowest BCUT2D eigenvalue weighted by atomic mass is 9.95. The summed E-state index contributed by atoms with van der Waals surface area (Å²) in [5, 5.41) is 0. The number of carbonyl (C=O) groups excluding carboxylic acids is 1. The van der Waals surface area contributed by atoms with Gasteiger partial charge in [0.15, 0.2) is 0 Å². The van der Waals surface area contributed by atoms with E-state index in [9.17, 15) is 4.79 Å². The van der Waals surface area contributed by atoms with Crippen molar-refractivity contribution in [3.63, 3.8) is 0 Å². The average Bonchev–Trinajstić information content (AvgIpc) is 3.24. The molecule has 1 saturated heterocycles. The summed E-state index contributed by atoms with van der Waals surface area (Å²) in [6.07, 6.45) is 9.28. The van der Waals surface area contributed by atoms with Crippen molar-refractivity contribution in [2.24, 2.45) is 5.92 Å². The highest BCUT2D eigenvalue weighted by Crippen LogP contribution is 2.36. The van der Waals surface area contributed by atoms with Crippen LogP contribution in [0.4, 0.5) is 0 Å². The molecule has 1 aliphatic carbocycles. The Morgan fingerprint density at radius 1 is 1.19 bits per heavy atom. The minimum atomic E-state index is 0.195. The number of likely N-dealkylation sites (tertiary alicyclic amines) is 1. The zero-order chi connectivity index (χ0) is 14.2. The smallest absolute Gasteiger partial charge is 0.254 e. The molecule has 0 radical (unpaired) electrons. The second kappa shape index (κ2) is 5.17. The van der Waals surface area contributed by atoms with Gasteiger partial charge in [0.25, 0.3) is 5.91 Å². The van der Waals surface area contributed by atoms with E-state index < -0.39 is 0 Å². The summed E-state index contributed by atoms with van der Waals surface area (Å²) in [5.74, 6) is 0.924. The lowest BCUT2D eigenvalue weighted by Crippen LogP contribution is -2.39. The first-order valence-corrected chi connectivity index (χ1v) is 8.07. The van der Waals surface area contributed by atoms with Crippen LogP contribution in [0.5, 0.6) is 0 Å². The highest BCUT2D eigenvalue weighted by molar-refractivity contribution is 5.97. The summed E-state index contributed by atoms with van der Waals surface area (Å²) < 4.78 is 0. The van der Waals surface area contributed by atoms with Crippen LogP contribution in [-0.2, 0) is 0 Å². The minimum absolute atomic E-state index is 0.195. The van der Waals surface area contributed by atoms with E-state index in [0.29, 0.717) is 6.04 Å². The Bertz CT molecular complexity index is 657. The molecule has 2 aromatic rings. The first-order valence-electron chi connectivity index (χ1n) is 8.07. The number of carbonyl (C=O) groups is 1. The second-order valence-electron chi connectivity index (χ2n) is 6.39. The maximum absolute atomic E-state index is 12.9. The van der Waals surface area contributed by atoms with E-state index in [4.69, 9.17) is 0 Å². The Balaban J connectivity index is 1.60. The molecule has 2 aliphatic rings. The fraction of sp³-hybridized carbons (Fsp3) is 0.529. The number of rotatable bonds is 2. The number of hydrogen-bond acceptors (Lipinski definition) is 2. The van der Waals surface area contributed by atoms with Gasteiger partial charge in [-0.15, -0.1) is 0 Å². The molecule has 1 N–H and O–H groups in total. The fourth-order valence-electron chi connectivity index (χ4n) is 4.11. The molecule has 1 saturated carbocycles. The standard InChI is InChI=1S/C17H21N3O/c21-17(13-7-8-14-15(10-13)19-11-18-14)20-9-3-6-16(20)12-4-1-2-5-12/h7-8,10-12,16H,1-6,9H2,(H,18,19). The number of hydrogen-bond donors (Lipinski definition) is 1. The van der Waals surface area contributed by atoms with Gasteiger partial charge in [-0.2, -0.15) is 0 Å². The van der Waals surface area contributed by atoms with E-state index in [-0.39, 0.29) is 5.91 Å². The van der Waals surface area contributed by atoms with E-state index >= 15 is 0 Å². The Morgan fingerprint density at radius 2 is 2.05 bits per heavy atom. The topological polar surface area (TPSA) is 49.0 Å². The van der Waals surface area contributed by atoms with Crippen molar-refractivity contribution in [2.75, 3.05) is 6.54 Å². The largest absolute Gasteiger partial charge is 0.345 e. The van der Waals surface area contributed by atoms with Crippen molar-refractivity contribution in [3.05, 3.63) is 30.1 Å². The molecule has 1 aromatic heterocycles. The summed E-state index contributed by atoms with van der Waals surface area (Å²) in [7, 11) is 0. The van der Waals surface area contributed by atoms with Crippen LogP contribution < -0.4 is 0 Å². The van der Waals surface area contributed by atoms with Gasteiger partial charge in [-0.05, 0) is 49.8 Å². The van der Waals surface area contributed by atoms with Crippen LogP contribution in [0.3, 0.4) is 0 Å². The van der Waals surface area contributed by atoms with Crippen LogP contribution in [0.2, 0.25) is 0 Å². The number of fused-ring (bicyclic) bond motifs is 1. The summed E-state index contributed by atoms with van der Waals surface area (Å²) >= 11 is 0. The number of benzene rings is 1. The zero-order valence-electron chi connectivity index (χ0n) is 12.2. The second-order valence-corrected chi connectivity index (χ2v) is 6.39. The molecule has 2 heterocycles. The predicted octanol–water partition coefficient (Wildman–Crippen LogP) is 3.36. The Morgan fingerprint density at radius 3 is 2.90 bits per heavy atom. The third-order valence-corrected chi connectivity index (χ3v) is 5.17. The van der Waals surface area contributed by atoms with Crippen molar-refractivity contribution in [1.29, 1.82) is 0 Å². The number of nitrogens with zero attached hydrogens (tertiary/aromatic N) is 2. The van der Waals surface area contributed by atoms with Gasteiger partial charge in [-0.25, -0.2) is 4.98 Å². The maximum Gasteiger partial charge on any atom is 0.254 e. The van der Waals surface area contributed by atoms with E-state index in [2.05, 4.69) is 14.9 Å². The van der Waals surface area contributed by atoms with Gasteiger partial charge in [-0.1, -0.05) is 12.8 Å². The molecule has 0 bridgehead atoms. The Labute approximate surface area is 124 Å². The molecule has 4 nitrogen and oxygen atoms in total. The Kier molecular flexibility index (Phi) is 3.17. The molecule has 0 spiro atoms. The summed E-state index contributed by atoms with van der Waals surface area (Å²) in [5.41, 5.74) is 2.65. The maximum atomic E-state index is 12.9. The van der Waals surface area contributed by atoms with Crippen molar-refractivity contribution in [1.82, 2.24) is 14.9 Å². The molecule has 4 heteroatoms. The molecular weight excluding hydrogens is 262 g/mol. The zero-order valence-corrected chi connectivity index (χ0v) is 12.2. The van der Waals surface area contributed by atoms with Gasteiger partial charge < -0.3 is 9.88 Å². The van der Waals surface area contributed by atoms with Crippen LogP contribution in [0.25, 0.3) is 11.0 Å². The molecule has 1 amide bonds. The molecule has 110 valence electrons. The number of amides is 1. The molecule has 2 fully saturated rings. The van der Waals surface area contributed by atoms with E-state index in [1.54, 1.807) is 6.33 Å². The van der Waals surface area contributed by atoms with Crippen molar-refractivity contribution < 1.29 is 4.79 Å². The number of nitrogens with one attached hydrogen (secondary N) is 1. The number of aromatic nitrogens is 2. The lowest BCUT2D eigenvalue weighted by molar-refractivity contribution is 0.0689. The van der Waals surface area contributed by atoms with Crippen molar-refractivity contribution in [2.45, 2.75) is 44.6 Å². The molecule has 1 aliphatic heterocycles. The third kappa shape index (κ3) is 2.23. The van der Waals surface area contributed by atoms with Crippen LogP contribution in [0.1, 0.15) is 48.9 Å². The molecular formula is C17H21N3O. The van der Waals surface area contributed by atoms with Gasteiger partial charge in [0, 0.05) is 18.2 Å². The molecule has 21 heavy (non-hydrogen) atoms. The monoisotopic (exact) mass is 283 g/mol. The third-order valence-electron chi connectivity index (χ3n) is 5.17. The Hall–Kier alpha value is -1.84. The number of imidazole rings is 1. The number of H-pyrrole nitrogens is 1. The van der Waals surface area contributed by atoms with E-state index in [0.717, 1.165) is 35.5 Å². The highest BCUT2D eigenvalue weighted by atomic mass is 16.2. The average molecular weight is 283 g/mol. The first-order chi connectivity index (χ1) is 10.3. The lowest BCUT2D eigenvalue weighted by Gasteiger charge is -2.29. The van der Waals surface area contributed by atoms with E-state index in [1.807, 2.05) is 18.2 Å². The van der Waals surface area contributed by atoms with Crippen LogP contribution in [-0.4, -0.2) is 33.4 Å². The molecule has 1 unspecified atom stereocenters. The minimum Gasteiger partial charge on any atom is -0.345 e. The summed E-state index contributed by atoms with van der Waals surface area (Å²) in [4.78, 5) is 22.3. The summed E-state index contributed by atoms with van der Waals surface area (Å²) in [6.45, 7) is 0.918. The molecule has 1 atom stereocenters. The molecule has 4 rings (SSSR count). The van der Waals surface area contributed by atoms with Crippen molar-refractivity contribution in [3.8, 4) is 0 Å².